The molecule has 1 atom stereocenters. The minimum atomic E-state index is -0.189. The van der Waals surface area contributed by atoms with Gasteiger partial charge in [-0.05, 0) is 30.5 Å². The Morgan fingerprint density at radius 2 is 1.92 bits per heavy atom. The molecule has 72 valence electrons. The maximum Gasteiger partial charge on any atom is 0.0580 e. The molecule has 0 saturated heterocycles. The number of hydrogen-bond donors (Lipinski definition) is 1. The van der Waals surface area contributed by atoms with Crippen LogP contribution < -0.4 is 0 Å². The molecule has 1 aromatic rings. The van der Waals surface area contributed by atoms with E-state index < -0.39 is 0 Å². The van der Waals surface area contributed by atoms with Crippen LogP contribution in [0.3, 0.4) is 0 Å². The molecule has 0 aliphatic carbocycles. The molecule has 2 heteroatoms. The van der Waals surface area contributed by atoms with Gasteiger partial charge in [-0.2, -0.15) is 0 Å². The molecule has 0 aliphatic heterocycles. The van der Waals surface area contributed by atoms with Crippen LogP contribution in [0, 0.1) is 0 Å². The standard InChI is InChI=1S/C11H15BrO/c1-2-3-11(13)8-9-4-6-10(12)7-5-9/h4-7,11,13H,2-3,8H2,1H3/t11-/m0/s1. The molecular formula is C11H15BrO. The Hall–Kier alpha value is -0.340. The van der Waals surface area contributed by atoms with E-state index in [-0.39, 0.29) is 6.10 Å². The monoisotopic (exact) mass is 242 g/mol. The zero-order valence-corrected chi connectivity index (χ0v) is 9.42. The number of hydrogen-bond acceptors (Lipinski definition) is 1. The third-order valence-electron chi connectivity index (χ3n) is 2.01. The van der Waals surface area contributed by atoms with Crippen LogP contribution in [0.1, 0.15) is 25.3 Å². The van der Waals surface area contributed by atoms with Gasteiger partial charge in [-0.15, -0.1) is 0 Å². The lowest BCUT2D eigenvalue weighted by molar-refractivity contribution is 0.164. The van der Waals surface area contributed by atoms with Crippen molar-refractivity contribution < 1.29 is 5.11 Å². The summed E-state index contributed by atoms with van der Waals surface area (Å²) < 4.78 is 1.08. The van der Waals surface area contributed by atoms with Crippen LogP contribution in [-0.2, 0) is 6.42 Å². The average molecular weight is 243 g/mol. The molecule has 1 aromatic carbocycles. The van der Waals surface area contributed by atoms with Crippen LogP contribution >= 0.6 is 15.9 Å². The van der Waals surface area contributed by atoms with Gasteiger partial charge >= 0.3 is 0 Å². The summed E-state index contributed by atoms with van der Waals surface area (Å²) in [6.45, 7) is 2.09. The van der Waals surface area contributed by atoms with E-state index in [2.05, 4.69) is 22.9 Å². The fraction of sp³-hybridized carbons (Fsp3) is 0.455. The molecule has 0 spiro atoms. The Kier molecular flexibility index (Phi) is 4.46. The van der Waals surface area contributed by atoms with Gasteiger partial charge in [0, 0.05) is 4.47 Å². The largest absolute Gasteiger partial charge is 0.393 e. The van der Waals surface area contributed by atoms with Crippen molar-refractivity contribution in [3.05, 3.63) is 34.3 Å². The van der Waals surface area contributed by atoms with Crippen molar-refractivity contribution in [2.45, 2.75) is 32.3 Å². The van der Waals surface area contributed by atoms with Gasteiger partial charge < -0.3 is 5.11 Å². The Balaban J connectivity index is 2.49. The molecular weight excluding hydrogens is 228 g/mol. The summed E-state index contributed by atoms with van der Waals surface area (Å²) >= 11 is 3.38. The second-order valence-electron chi connectivity index (χ2n) is 3.27. The average Bonchev–Trinajstić information content (AvgIpc) is 2.09. The van der Waals surface area contributed by atoms with Gasteiger partial charge in [0.2, 0.25) is 0 Å². The SMILES string of the molecule is CCC[C@H](O)Cc1ccc(Br)cc1. The fourth-order valence-electron chi connectivity index (χ4n) is 1.33. The first-order valence-electron chi connectivity index (χ1n) is 4.65. The number of halogens is 1. The van der Waals surface area contributed by atoms with Gasteiger partial charge in [0.1, 0.15) is 0 Å². The van der Waals surface area contributed by atoms with Gasteiger partial charge in [-0.25, -0.2) is 0 Å². The van der Waals surface area contributed by atoms with Gasteiger partial charge in [-0.3, -0.25) is 0 Å². The summed E-state index contributed by atoms with van der Waals surface area (Å²) in [4.78, 5) is 0. The summed E-state index contributed by atoms with van der Waals surface area (Å²) in [6.07, 6.45) is 2.50. The highest BCUT2D eigenvalue weighted by Gasteiger charge is 2.03. The Labute approximate surface area is 87.9 Å². The second kappa shape index (κ2) is 5.40. The molecule has 0 heterocycles. The molecule has 13 heavy (non-hydrogen) atoms. The van der Waals surface area contributed by atoms with Crippen LogP contribution in [0.15, 0.2) is 28.7 Å². The van der Waals surface area contributed by atoms with Crippen molar-refractivity contribution in [3.63, 3.8) is 0 Å². The molecule has 0 aromatic heterocycles. The Morgan fingerprint density at radius 3 is 2.46 bits per heavy atom. The summed E-state index contributed by atoms with van der Waals surface area (Å²) in [5.41, 5.74) is 1.20. The van der Waals surface area contributed by atoms with Crippen molar-refractivity contribution in [2.24, 2.45) is 0 Å². The number of aliphatic hydroxyl groups is 1. The molecule has 0 amide bonds. The van der Waals surface area contributed by atoms with E-state index in [1.165, 1.54) is 5.56 Å². The normalized spacial score (nSPS) is 12.8. The van der Waals surface area contributed by atoms with Crippen molar-refractivity contribution >= 4 is 15.9 Å². The predicted molar refractivity (Wildman–Crippen MR) is 58.8 cm³/mol. The zero-order chi connectivity index (χ0) is 9.68. The molecule has 0 unspecified atom stereocenters. The summed E-state index contributed by atoms with van der Waals surface area (Å²) in [6, 6.07) is 8.11. The lowest BCUT2D eigenvalue weighted by Gasteiger charge is -2.08. The maximum absolute atomic E-state index is 9.56. The summed E-state index contributed by atoms with van der Waals surface area (Å²) in [5, 5.41) is 9.56. The van der Waals surface area contributed by atoms with E-state index in [9.17, 15) is 5.11 Å². The van der Waals surface area contributed by atoms with E-state index in [0.717, 1.165) is 23.7 Å². The Morgan fingerprint density at radius 1 is 1.31 bits per heavy atom. The number of aliphatic hydroxyl groups excluding tert-OH is 1. The van der Waals surface area contributed by atoms with Crippen LogP contribution in [0.2, 0.25) is 0 Å². The zero-order valence-electron chi connectivity index (χ0n) is 7.83. The third kappa shape index (κ3) is 3.92. The fourth-order valence-corrected chi connectivity index (χ4v) is 1.59. The van der Waals surface area contributed by atoms with Crippen LogP contribution in [-0.4, -0.2) is 11.2 Å². The van der Waals surface area contributed by atoms with Crippen LogP contribution in [0.25, 0.3) is 0 Å². The summed E-state index contributed by atoms with van der Waals surface area (Å²) in [5.74, 6) is 0. The van der Waals surface area contributed by atoms with Crippen LogP contribution in [0.5, 0.6) is 0 Å². The van der Waals surface area contributed by atoms with E-state index >= 15 is 0 Å². The third-order valence-corrected chi connectivity index (χ3v) is 2.54. The first kappa shape index (κ1) is 10.7. The number of benzene rings is 1. The first-order valence-corrected chi connectivity index (χ1v) is 5.44. The van der Waals surface area contributed by atoms with Gasteiger partial charge in [-0.1, -0.05) is 41.4 Å². The van der Waals surface area contributed by atoms with Crippen LogP contribution in [0.4, 0.5) is 0 Å². The molecule has 0 aliphatic rings. The van der Waals surface area contributed by atoms with E-state index in [0.29, 0.717) is 0 Å². The molecule has 1 nitrogen and oxygen atoms in total. The van der Waals surface area contributed by atoms with E-state index in [4.69, 9.17) is 0 Å². The molecule has 1 N–H and O–H groups in total. The quantitative estimate of drug-likeness (QED) is 0.861. The van der Waals surface area contributed by atoms with Crippen molar-refractivity contribution in [3.8, 4) is 0 Å². The van der Waals surface area contributed by atoms with E-state index in [1.807, 2.05) is 24.3 Å². The van der Waals surface area contributed by atoms with Crippen molar-refractivity contribution in [1.29, 1.82) is 0 Å². The topological polar surface area (TPSA) is 20.2 Å². The summed E-state index contributed by atoms with van der Waals surface area (Å²) in [7, 11) is 0. The smallest absolute Gasteiger partial charge is 0.0580 e. The molecule has 1 rings (SSSR count). The molecule has 0 radical (unpaired) electrons. The van der Waals surface area contributed by atoms with Crippen molar-refractivity contribution in [2.75, 3.05) is 0 Å². The maximum atomic E-state index is 9.56. The second-order valence-corrected chi connectivity index (χ2v) is 4.19. The van der Waals surface area contributed by atoms with Crippen molar-refractivity contribution in [1.82, 2.24) is 0 Å². The van der Waals surface area contributed by atoms with Gasteiger partial charge in [0.05, 0.1) is 6.10 Å². The molecule has 0 saturated carbocycles. The minimum absolute atomic E-state index is 0.189. The lowest BCUT2D eigenvalue weighted by atomic mass is 10.1. The highest BCUT2D eigenvalue weighted by molar-refractivity contribution is 9.10. The lowest BCUT2D eigenvalue weighted by Crippen LogP contribution is -2.09. The predicted octanol–water partition coefficient (Wildman–Crippen LogP) is 3.15. The first-order chi connectivity index (χ1) is 6.22. The highest BCUT2D eigenvalue weighted by atomic mass is 79.9. The number of rotatable bonds is 4. The van der Waals surface area contributed by atoms with E-state index in [1.54, 1.807) is 0 Å². The molecule has 0 fully saturated rings. The van der Waals surface area contributed by atoms with Gasteiger partial charge in [0.25, 0.3) is 0 Å². The highest BCUT2D eigenvalue weighted by Crippen LogP contribution is 2.13. The van der Waals surface area contributed by atoms with Gasteiger partial charge in [0.15, 0.2) is 0 Å². The Bertz CT molecular complexity index is 243. The molecule has 0 bridgehead atoms. The minimum Gasteiger partial charge on any atom is -0.393 e.